The van der Waals surface area contributed by atoms with Crippen molar-refractivity contribution in [2.24, 2.45) is 0 Å². The Labute approximate surface area is 142 Å². The van der Waals surface area contributed by atoms with Gasteiger partial charge < -0.3 is 4.98 Å². The highest BCUT2D eigenvalue weighted by Crippen LogP contribution is 2.35. The van der Waals surface area contributed by atoms with E-state index in [0.29, 0.717) is 0 Å². The van der Waals surface area contributed by atoms with Crippen LogP contribution in [0, 0.1) is 0 Å². The van der Waals surface area contributed by atoms with Gasteiger partial charge in [-0.25, -0.2) is 0 Å². The van der Waals surface area contributed by atoms with E-state index in [1.54, 1.807) is 12.4 Å². The van der Waals surface area contributed by atoms with Gasteiger partial charge in [-0.2, -0.15) is 0 Å². The second-order valence-corrected chi connectivity index (χ2v) is 5.40. The molecule has 1 N–H and O–H groups in total. The summed E-state index contributed by atoms with van der Waals surface area (Å²) in [5.41, 5.74) is 5.75. The Morgan fingerprint density at radius 1 is 0.583 bits per heavy atom. The molecule has 2 heteroatoms. The second-order valence-electron chi connectivity index (χ2n) is 5.40. The molecule has 0 atom stereocenters. The van der Waals surface area contributed by atoms with Gasteiger partial charge in [0.25, 0.3) is 0 Å². The summed E-state index contributed by atoms with van der Waals surface area (Å²) in [7, 11) is 0. The Balaban J connectivity index is 0.000000127. The standard InChI is InChI=1S/C13H10.C5H5N.C4H5N/c1-3-7-12-10(5-1)9-11-6-2-4-8-13(11)12;1-2-4-6-5-3-1;1-2-4-5-3-1/h1-8H,9H2;1-5H;1-5H. The molecule has 2 aromatic carbocycles. The first kappa shape index (κ1) is 15.8. The number of hydrogen-bond acceptors (Lipinski definition) is 1. The summed E-state index contributed by atoms with van der Waals surface area (Å²) in [6.45, 7) is 0. The van der Waals surface area contributed by atoms with Gasteiger partial charge in [-0.3, -0.25) is 4.98 Å². The molecule has 0 bridgehead atoms. The van der Waals surface area contributed by atoms with Gasteiger partial charge in [0.2, 0.25) is 0 Å². The predicted molar refractivity (Wildman–Crippen MR) is 99.7 cm³/mol. The topological polar surface area (TPSA) is 28.7 Å². The number of aromatic amines is 1. The summed E-state index contributed by atoms with van der Waals surface area (Å²) in [4.78, 5) is 6.65. The van der Waals surface area contributed by atoms with Crippen molar-refractivity contribution in [3.63, 3.8) is 0 Å². The van der Waals surface area contributed by atoms with Crippen LogP contribution in [-0.4, -0.2) is 9.97 Å². The molecule has 118 valence electrons. The minimum absolute atomic E-state index is 1.10. The van der Waals surface area contributed by atoms with Crippen LogP contribution in [-0.2, 0) is 6.42 Å². The lowest BCUT2D eigenvalue weighted by Crippen LogP contribution is -1.77. The largest absolute Gasteiger partial charge is 0.368 e. The Morgan fingerprint density at radius 3 is 1.50 bits per heavy atom. The van der Waals surface area contributed by atoms with Crippen molar-refractivity contribution < 1.29 is 0 Å². The lowest BCUT2D eigenvalue weighted by atomic mass is 10.1. The van der Waals surface area contributed by atoms with Crippen molar-refractivity contribution in [2.45, 2.75) is 6.42 Å². The quantitative estimate of drug-likeness (QED) is 0.410. The van der Waals surface area contributed by atoms with Crippen LogP contribution in [0.15, 0.2) is 104 Å². The highest BCUT2D eigenvalue weighted by Gasteiger charge is 2.15. The lowest BCUT2D eigenvalue weighted by molar-refractivity contribution is 1.26. The normalized spacial score (nSPS) is 10.3. The molecule has 1 aliphatic carbocycles. The average molecular weight is 312 g/mol. The highest BCUT2D eigenvalue weighted by molar-refractivity contribution is 5.76. The number of nitrogens with one attached hydrogen (secondary N) is 1. The Morgan fingerprint density at radius 2 is 1.12 bits per heavy atom. The number of fused-ring (bicyclic) bond motifs is 3. The van der Waals surface area contributed by atoms with Crippen LogP contribution >= 0.6 is 0 Å². The summed E-state index contributed by atoms with van der Waals surface area (Å²) < 4.78 is 0. The fraction of sp³-hybridized carbons (Fsp3) is 0.0455. The number of rotatable bonds is 0. The van der Waals surface area contributed by atoms with E-state index in [1.807, 2.05) is 42.7 Å². The number of H-pyrrole nitrogens is 1. The van der Waals surface area contributed by atoms with E-state index >= 15 is 0 Å². The first-order valence-corrected chi connectivity index (χ1v) is 8.04. The van der Waals surface area contributed by atoms with Gasteiger partial charge in [0, 0.05) is 24.8 Å². The van der Waals surface area contributed by atoms with Crippen molar-refractivity contribution in [2.75, 3.05) is 0 Å². The number of pyridine rings is 1. The van der Waals surface area contributed by atoms with Gasteiger partial charge in [-0.05, 0) is 52.9 Å². The summed E-state index contributed by atoms with van der Waals surface area (Å²) in [6, 6.07) is 26.9. The maximum atomic E-state index is 3.78. The molecule has 1 aliphatic rings. The third-order valence-electron chi connectivity index (χ3n) is 3.77. The maximum Gasteiger partial charge on any atom is 0.0267 e. The minimum Gasteiger partial charge on any atom is -0.368 e. The zero-order chi connectivity index (χ0) is 16.5. The fourth-order valence-electron chi connectivity index (χ4n) is 2.67. The Bertz CT molecular complexity index is 749. The molecule has 0 saturated carbocycles. The molecule has 2 heterocycles. The first-order valence-electron chi connectivity index (χ1n) is 8.04. The molecule has 0 radical (unpaired) electrons. The SMILES string of the molecule is c1cc[nH]c1.c1ccc2c(c1)Cc1ccccc1-2.c1ccncc1. The summed E-state index contributed by atoms with van der Waals surface area (Å²) >= 11 is 0. The van der Waals surface area contributed by atoms with Crippen LogP contribution in [0.4, 0.5) is 0 Å². The third kappa shape index (κ3) is 4.20. The monoisotopic (exact) mass is 312 g/mol. The molecule has 0 fully saturated rings. The van der Waals surface area contributed by atoms with E-state index < -0.39 is 0 Å². The van der Waals surface area contributed by atoms with E-state index in [-0.39, 0.29) is 0 Å². The van der Waals surface area contributed by atoms with E-state index in [4.69, 9.17) is 0 Å². The van der Waals surface area contributed by atoms with E-state index in [1.165, 1.54) is 22.3 Å². The maximum absolute atomic E-state index is 3.78. The van der Waals surface area contributed by atoms with Crippen molar-refractivity contribution in [3.8, 4) is 11.1 Å². The molecule has 4 aromatic rings. The molecule has 2 nitrogen and oxygen atoms in total. The van der Waals surface area contributed by atoms with Gasteiger partial charge in [0.05, 0.1) is 0 Å². The molecular formula is C22H20N2. The van der Waals surface area contributed by atoms with E-state index in [2.05, 4.69) is 58.5 Å². The molecule has 2 aromatic heterocycles. The molecule has 0 aliphatic heterocycles. The number of nitrogens with zero attached hydrogens (tertiary/aromatic N) is 1. The number of aromatic nitrogens is 2. The zero-order valence-electron chi connectivity index (χ0n) is 13.5. The summed E-state index contributed by atoms with van der Waals surface area (Å²) in [6.07, 6.45) is 8.35. The van der Waals surface area contributed by atoms with E-state index in [0.717, 1.165) is 6.42 Å². The van der Waals surface area contributed by atoms with Crippen molar-refractivity contribution >= 4 is 0 Å². The molecule has 24 heavy (non-hydrogen) atoms. The van der Waals surface area contributed by atoms with Gasteiger partial charge >= 0.3 is 0 Å². The Hall–Kier alpha value is -3.13. The van der Waals surface area contributed by atoms with E-state index in [9.17, 15) is 0 Å². The van der Waals surface area contributed by atoms with Crippen molar-refractivity contribution in [1.29, 1.82) is 0 Å². The molecular weight excluding hydrogens is 292 g/mol. The third-order valence-corrected chi connectivity index (χ3v) is 3.77. The highest BCUT2D eigenvalue weighted by atomic mass is 14.6. The molecule has 5 rings (SSSR count). The van der Waals surface area contributed by atoms with Crippen LogP contribution < -0.4 is 0 Å². The molecule has 0 saturated heterocycles. The van der Waals surface area contributed by atoms with Gasteiger partial charge in [-0.15, -0.1) is 0 Å². The predicted octanol–water partition coefficient (Wildman–Crippen LogP) is 5.35. The van der Waals surface area contributed by atoms with Crippen LogP contribution in [0.3, 0.4) is 0 Å². The smallest absolute Gasteiger partial charge is 0.0267 e. The number of benzene rings is 2. The fourth-order valence-corrected chi connectivity index (χ4v) is 2.67. The molecule has 0 spiro atoms. The van der Waals surface area contributed by atoms with Gasteiger partial charge in [0.1, 0.15) is 0 Å². The zero-order valence-corrected chi connectivity index (χ0v) is 13.5. The second kappa shape index (κ2) is 8.49. The average Bonchev–Trinajstić information content (AvgIpc) is 3.35. The first-order chi connectivity index (χ1) is 11.9. The van der Waals surface area contributed by atoms with Crippen LogP contribution in [0.25, 0.3) is 11.1 Å². The lowest BCUT2D eigenvalue weighted by Gasteiger charge is -1.98. The summed E-state index contributed by atoms with van der Waals surface area (Å²) in [5.74, 6) is 0. The number of hydrogen-bond donors (Lipinski definition) is 1. The molecule has 0 amide bonds. The van der Waals surface area contributed by atoms with Crippen molar-refractivity contribution in [1.82, 2.24) is 9.97 Å². The van der Waals surface area contributed by atoms with Crippen LogP contribution in [0.5, 0.6) is 0 Å². The summed E-state index contributed by atoms with van der Waals surface area (Å²) in [5, 5.41) is 0. The van der Waals surface area contributed by atoms with Gasteiger partial charge in [-0.1, -0.05) is 54.6 Å². The minimum atomic E-state index is 1.10. The van der Waals surface area contributed by atoms with Crippen molar-refractivity contribution in [3.05, 3.63) is 115 Å². The van der Waals surface area contributed by atoms with Gasteiger partial charge in [0.15, 0.2) is 0 Å². The Kier molecular flexibility index (Phi) is 5.57. The van der Waals surface area contributed by atoms with Crippen LogP contribution in [0.2, 0.25) is 0 Å². The molecule has 0 unspecified atom stereocenters. The van der Waals surface area contributed by atoms with Crippen LogP contribution in [0.1, 0.15) is 11.1 Å².